The third-order valence-electron chi connectivity index (χ3n) is 3.32. The van der Waals surface area contributed by atoms with Gasteiger partial charge in [0.25, 0.3) is 5.91 Å². The summed E-state index contributed by atoms with van der Waals surface area (Å²) in [7, 11) is 0. The lowest BCUT2D eigenvalue weighted by Gasteiger charge is -2.07. The molecule has 0 fully saturated rings. The van der Waals surface area contributed by atoms with Gasteiger partial charge >= 0.3 is 6.18 Å². The van der Waals surface area contributed by atoms with Crippen molar-refractivity contribution in [2.45, 2.75) is 6.18 Å². The Hall–Kier alpha value is -2.76. The van der Waals surface area contributed by atoms with Crippen LogP contribution < -0.4 is 5.73 Å². The molecule has 22 heavy (non-hydrogen) atoms. The predicted molar refractivity (Wildman–Crippen MR) is 75.2 cm³/mol. The Bertz CT molecular complexity index is 848. The molecule has 0 aliphatic carbocycles. The highest BCUT2D eigenvalue weighted by atomic mass is 19.4. The molecule has 3 aromatic rings. The lowest BCUT2D eigenvalue weighted by atomic mass is 10.0. The molecule has 0 spiro atoms. The molecule has 0 radical (unpaired) electrons. The van der Waals surface area contributed by atoms with Gasteiger partial charge in [0.1, 0.15) is 11.3 Å². The van der Waals surface area contributed by atoms with Crippen molar-refractivity contribution in [2.75, 3.05) is 0 Å². The van der Waals surface area contributed by atoms with Crippen LogP contribution in [-0.2, 0) is 6.18 Å². The molecular formula is C16H10F3NO2. The predicted octanol–water partition coefficient (Wildman–Crippen LogP) is 4.22. The third-order valence-corrected chi connectivity index (χ3v) is 3.32. The van der Waals surface area contributed by atoms with Crippen molar-refractivity contribution in [1.29, 1.82) is 0 Å². The molecule has 0 atom stereocenters. The highest BCUT2D eigenvalue weighted by Gasteiger charge is 2.30. The normalized spacial score (nSPS) is 11.8. The molecule has 3 nitrogen and oxygen atoms in total. The first kappa shape index (κ1) is 14.2. The Morgan fingerprint density at radius 1 is 1.00 bits per heavy atom. The quantitative estimate of drug-likeness (QED) is 0.770. The first-order chi connectivity index (χ1) is 10.4. The van der Waals surface area contributed by atoms with Crippen LogP contribution in [0.15, 0.2) is 52.9 Å². The maximum Gasteiger partial charge on any atom is 0.416 e. The second-order valence-electron chi connectivity index (χ2n) is 4.74. The van der Waals surface area contributed by atoms with Crippen molar-refractivity contribution in [3.05, 3.63) is 59.7 Å². The molecule has 1 heterocycles. The van der Waals surface area contributed by atoms with Crippen molar-refractivity contribution in [2.24, 2.45) is 5.73 Å². The first-order valence-electron chi connectivity index (χ1n) is 6.37. The van der Waals surface area contributed by atoms with Gasteiger partial charge in [-0.3, -0.25) is 4.79 Å². The number of benzene rings is 2. The van der Waals surface area contributed by atoms with E-state index >= 15 is 0 Å². The van der Waals surface area contributed by atoms with E-state index in [4.69, 9.17) is 10.2 Å². The summed E-state index contributed by atoms with van der Waals surface area (Å²) in [6, 6.07) is 11.2. The Morgan fingerprint density at radius 3 is 2.23 bits per heavy atom. The van der Waals surface area contributed by atoms with E-state index in [0.29, 0.717) is 16.5 Å². The first-order valence-corrected chi connectivity index (χ1v) is 6.37. The number of nitrogens with two attached hydrogens (primary N) is 1. The van der Waals surface area contributed by atoms with Gasteiger partial charge in [0.15, 0.2) is 0 Å². The molecule has 0 unspecified atom stereocenters. The van der Waals surface area contributed by atoms with Crippen LogP contribution in [-0.4, -0.2) is 5.91 Å². The van der Waals surface area contributed by atoms with Gasteiger partial charge in [-0.15, -0.1) is 0 Å². The van der Waals surface area contributed by atoms with Gasteiger partial charge in [0.05, 0.1) is 11.1 Å². The largest absolute Gasteiger partial charge is 0.455 e. The molecule has 0 aliphatic heterocycles. The van der Waals surface area contributed by atoms with E-state index in [9.17, 15) is 18.0 Å². The van der Waals surface area contributed by atoms with E-state index in [2.05, 4.69) is 0 Å². The summed E-state index contributed by atoms with van der Waals surface area (Å²) < 4.78 is 43.4. The fourth-order valence-corrected chi connectivity index (χ4v) is 2.30. The fraction of sp³-hybridized carbons (Fsp3) is 0.0625. The zero-order valence-electron chi connectivity index (χ0n) is 11.1. The van der Waals surface area contributed by atoms with E-state index < -0.39 is 17.6 Å². The Kier molecular flexibility index (Phi) is 3.16. The number of hydrogen-bond donors (Lipinski definition) is 1. The van der Waals surface area contributed by atoms with E-state index in [1.54, 1.807) is 24.3 Å². The SMILES string of the molecule is NC(=O)c1c(-c2ccc(C(F)(F)F)cc2)oc2ccccc12. The van der Waals surface area contributed by atoms with Crippen molar-refractivity contribution in [1.82, 2.24) is 0 Å². The Balaban J connectivity index is 2.18. The van der Waals surface area contributed by atoms with Crippen molar-refractivity contribution in [3.63, 3.8) is 0 Å². The molecule has 2 N–H and O–H groups in total. The summed E-state index contributed by atoms with van der Waals surface area (Å²) >= 11 is 0. The minimum atomic E-state index is -4.42. The van der Waals surface area contributed by atoms with E-state index in [-0.39, 0.29) is 11.3 Å². The monoisotopic (exact) mass is 305 g/mol. The van der Waals surface area contributed by atoms with Crippen molar-refractivity contribution in [3.8, 4) is 11.3 Å². The van der Waals surface area contributed by atoms with Gasteiger partial charge < -0.3 is 10.2 Å². The number of fused-ring (bicyclic) bond motifs is 1. The maximum absolute atomic E-state index is 12.6. The van der Waals surface area contributed by atoms with Gasteiger partial charge in [-0.25, -0.2) is 0 Å². The molecule has 0 saturated carbocycles. The van der Waals surface area contributed by atoms with E-state index in [1.165, 1.54) is 12.1 Å². The minimum Gasteiger partial charge on any atom is -0.455 e. The van der Waals surface area contributed by atoms with Crippen LogP contribution in [0.1, 0.15) is 15.9 Å². The zero-order chi connectivity index (χ0) is 15.9. The lowest BCUT2D eigenvalue weighted by molar-refractivity contribution is -0.137. The molecular weight excluding hydrogens is 295 g/mol. The Morgan fingerprint density at radius 2 is 1.64 bits per heavy atom. The number of alkyl halides is 3. The van der Waals surface area contributed by atoms with Crippen LogP contribution in [0, 0.1) is 0 Å². The second kappa shape index (κ2) is 4.91. The maximum atomic E-state index is 12.6. The van der Waals surface area contributed by atoms with Crippen LogP contribution in [0.5, 0.6) is 0 Å². The smallest absolute Gasteiger partial charge is 0.416 e. The minimum absolute atomic E-state index is 0.162. The number of primary amides is 1. The van der Waals surface area contributed by atoms with Crippen LogP contribution in [0.4, 0.5) is 13.2 Å². The van der Waals surface area contributed by atoms with E-state index in [1.807, 2.05) is 0 Å². The van der Waals surface area contributed by atoms with Crippen LogP contribution in [0.3, 0.4) is 0 Å². The standard InChI is InChI=1S/C16H10F3NO2/c17-16(18,19)10-7-5-9(6-8-10)14-13(15(20)21)11-3-1-2-4-12(11)22-14/h1-8H,(H2,20,21). The van der Waals surface area contributed by atoms with Gasteiger partial charge in [-0.2, -0.15) is 13.2 Å². The molecule has 0 saturated heterocycles. The van der Waals surface area contributed by atoms with Gasteiger partial charge in [0, 0.05) is 10.9 Å². The summed E-state index contributed by atoms with van der Waals surface area (Å²) in [5.41, 5.74) is 5.58. The van der Waals surface area contributed by atoms with E-state index in [0.717, 1.165) is 12.1 Å². The van der Waals surface area contributed by atoms with Crippen molar-refractivity contribution >= 4 is 16.9 Å². The molecule has 3 rings (SSSR count). The highest BCUT2D eigenvalue weighted by Crippen LogP contribution is 2.35. The average molecular weight is 305 g/mol. The number of furan rings is 1. The summed E-state index contributed by atoms with van der Waals surface area (Å²) in [6.07, 6.45) is -4.42. The summed E-state index contributed by atoms with van der Waals surface area (Å²) in [5, 5.41) is 0.532. The van der Waals surface area contributed by atoms with Crippen LogP contribution in [0.25, 0.3) is 22.3 Å². The number of amides is 1. The number of halogens is 3. The molecule has 112 valence electrons. The lowest BCUT2D eigenvalue weighted by Crippen LogP contribution is -2.11. The highest BCUT2D eigenvalue weighted by molar-refractivity contribution is 6.10. The molecule has 1 aromatic heterocycles. The number of hydrogen-bond acceptors (Lipinski definition) is 2. The molecule has 1 amide bonds. The number of carbonyl (C=O) groups is 1. The summed E-state index contributed by atoms with van der Waals surface area (Å²) in [4.78, 5) is 11.7. The number of rotatable bonds is 2. The molecule has 0 bridgehead atoms. The number of carbonyl (C=O) groups excluding carboxylic acids is 1. The second-order valence-corrected chi connectivity index (χ2v) is 4.74. The molecule has 2 aromatic carbocycles. The van der Waals surface area contributed by atoms with Gasteiger partial charge in [-0.1, -0.05) is 30.3 Å². The summed E-state index contributed by atoms with van der Waals surface area (Å²) in [6.45, 7) is 0. The average Bonchev–Trinajstić information content (AvgIpc) is 2.86. The van der Waals surface area contributed by atoms with Crippen LogP contribution >= 0.6 is 0 Å². The fourth-order valence-electron chi connectivity index (χ4n) is 2.30. The topological polar surface area (TPSA) is 56.2 Å². The Labute approximate surface area is 123 Å². The van der Waals surface area contributed by atoms with Gasteiger partial charge in [-0.05, 0) is 18.2 Å². The molecule has 6 heteroatoms. The van der Waals surface area contributed by atoms with Crippen molar-refractivity contribution < 1.29 is 22.4 Å². The summed E-state index contributed by atoms with van der Waals surface area (Å²) in [5.74, 6) is -0.526. The van der Waals surface area contributed by atoms with Crippen LogP contribution in [0.2, 0.25) is 0 Å². The third kappa shape index (κ3) is 2.32. The molecule has 0 aliphatic rings. The number of para-hydroxylation sites is 1. The zero-order valence-corrected chi connectivity index (χ0v) is 11.1. The van der Waals surface area contributed by atoms with Gasteiger partial charge in [0.2, 0.25) is 0 Å².